The van der Waals surface area contributed by atoms with Crippen molar-refractivity contribution < 1.29 is 45.8 Å². The molecule has 4 aromatic rings. The van der Waals surface area contributed by atoms with E-state index < -0.39 is 76.6 Å². The summed E-state index contributed by atoms with van der Waals surface area (Å²) in [5.41, 5.74) is 12.3. The molecule has 0 aromatic carbocycles. The quantitative estimate of drug-likeness (QED) is 0.196. The van der Waals surface area contributed by atoms with Crippen LogP contribution < -0.4 is 11.5 Å². The molecule has 0 spiro atoms. The SMILES string of the molecule is [B][P@@]1(=O)OC[C@H]2O[C@@H](n3cnc4c(N)ncnc43)C(F)[C@H]2OP(O)(=S)OC[C@H]2O[C@@H](n3cnc4c(N)ncnc43)[C@@H](F)C2O1. The van der Waals surface area contributed by atoms with Gasteiger partial charge in [0.1, 0.15) is 48.1 Å². The van der Waals surface area contributed by atoms with Gasteiger partial charge in [-0.25, -0.2) is 38.7 Å². The summed E-state index contributed by atoms with van der Waals surface area (Å²) >= 11 is 5.14. The summed E-state index contributed by atoms with van der Waals surface area (Å²) in [5, 5.41) is 0. The van der Waals surface area contributed by atoms with Crippen LogP contribution in [0.15, 0.2) is 25.3 Å². The zero-order chi connectivity index (χ0) is 31.0. The van der Waals surface area contributed by atoms with Gasteiger partial charge in [0.05, 0.1) is 25.9 Å². The molecule has 7 rings (SSSR count). The average Bonchev–Trinajstić information content (AvgIpc) is 3.73. The van der Waals surface area contributed by atoms with E-state index in [1.165, 1.54) is 21.8 Å². The molecule has 2 radical (unpaired) electrons. The van der Waals surface area contributed by atoms with Gasteiger partial charge >= 0.3 is 6.72 Å². The molecule has 3 aliphatic heterocycles. The van der Waals surface area contributed by atoms with Gasteiger partial charge in [-0.3, -0.25) is 18.2 Å². The topological polar surface area (TPSA) is 232 Å². The fourth-order valence-electron chi connectivity index (χ4n) is 5.20. The van der Waals surface area contributed by atoms with E-state index in [0.29, 0.717) is 0 Å². The van der Waals surface area contributed by atoms with Gasteiger partial charge in [-0.05, 0) is 11.8 Å². The van der Waals surface area contributed by atoms with Crippen LogP contribution in [0.25, 0.3) is 22.3 Å². The zero-order valence-electron chi connectivity index (χ0n) is 22.0. The number of hydrogen-bond donors (Lipinski definition) is 3. The maximum atomic E-state index is 16.0. The molecule has 3 saturated heterocycles. The van der Waals surface area contributed by atoms with Gasteiger partial charge in [-0.2, -0.15) is 0 Å². The van der Waals surface area contributed by atoms with Crippen LogP contribution in [0.3, 0.4) is 0 Å². The number of fused-ring (bicyclic) bond motifs is 4. The Hall–Kier alpha value is -2.78. The predicted molar refractivity (Wildman–Crippen MR) is 149 cm³/mol. The fraction of sp³-hybridized carbons (Fsp3) is 0.500. The van der Waals surface area contributed by atoms with E-state index in [9.17, 15) is 9.46 Å². The Kier molecular flexibility index (Phi) is 7.43. The van der Waals surface area contributed by atoms with Crippen LogP contribution in [0, 0.1) is 0 Å². The number of ether oxygens (including phenoxy) is 2. The molecular formula is C20H21BF2N10O8P2S. The molecule has 232 valence electrons. The first-order valence-corrected chi connectivity index (χ1v) is 16.9. The summed E-state index contributed by atoms with van der Waals surface area (Å²) in [7, 11) is 1.26. The van der Waals surface area contributed by atoms with E-state index in [-0.39, 0.29) is 34.0 Å². The van der Waals surface area contributed by atoms with Crippen LogP contribution in [0.2, 0.25) is 0 Å². The lowest BCUT2D eigenvalue weighted by molar-refractivity contribution is -0.0566. The third-order valence-corrected chi connectivity index (χ3v) is 9.81. The molecule has 3 unspecified atom stereocenters. The van der Waals surface area contributed by atoms with Crippen LogP contribution in [-0.2, 0) is 43.9 Å². The van der Waals surface area contributed by atoms with E-state index >= 15 is 8.78 Å². The summed E-state index contributed by atoms with van der Waals surface area (Å²) in [4.78, 5) is 34.9. The van der Waals surface area contributed by atoms with Crippen molar-refractivity contribution in [1.82, 2.24) is 39.0 Å². The summed E-state index contributed by atoms with van der Waals surface area (Å²) < 4.78 is 81.0. The van der Waals surface area contributed by atoms with E-state index in [0.717, 1.165) is 12.7 Å². The molecule has 7 heterocycles. The van der Waals surface area contributed by atoms with Crippen molar-refractivity contribution in [2.75, 3.05) is 24.7 Å². The van der Waals surface area contributed by atoms with Gasteiger partial charge in [0.2, 0.25) is 7.57 Å². The van der Waals surface area contributed by atoms with E-state index in [1.807, 2.05) is 0 Å². The van der Waals surface area contributed by atoms with Crippen molar-refractivity contribution in [1.29, 1.82) is 0 Å². The Morgan fingerprint density at radius 1 is 0.841 bits per heavy atom. The fourth-order valence-corrected chi connectivity index (χ4v) is 7.64. The molecular weight excluding hydrogens is 651 g/mol. The molecule has 0 amide bonds. The van der Waals surface area contributed by atoms with Crippen molar-refractivity contribution in [3.63, 3.8) is 0 Å². The summed E-state index contributed by atoms with van der Waals surface area (Å²) in [6.07, 6.45) is -8.19. The minimum atomic E-state index is -4.57. The van der Waals surface area contributed by atoms with E-state index in [4.69, 9.17) is 58.4 Å². The van der Waals surface area contributed by atoms with Crippen molar-refractivity contribution >= 4 is 67.5 Å². The molecule has 4 aromatic heterocycles. The van der Waals surface area contributed by atoms with Gasteiger partial charge in [0.15, 0.2) is 47.7 Å². The van der Waals surface area contributed by atoms with Crippen LogP contribution in [0.4, 0.5) is 20.4 Å². The molecule has 10 atom stereocenters. The highest BCUT2D eigenvalue weighted by atomic mass is 32.5. The molecule has 18 nitrogen and oxygen atoms in total. The maximum Gasteiger partial charge on any atom is 0.325 e. The highest BCUT2D eigenvalue weighted by Gasteiger charge is 2.53. The third-order valence-electron chi connectivity index (χ3n) is 7.20. The third kappa shape index (κ3) is 5.18. The Labute approximate surface area is 251 Å². The van der Waals surface area contributed by atoms with Gasteiger partial charge in [-0.1, -0.05) is 0 Å². The van der Waals surface area contributed by atoms with Gasteiger partial charge in [0.25, 0.3) is 7.47 Å². The first-order chi connectivity index (χ1) is 20.9. The van der Waals surface area contributed by atoms with E-state index in [2.05, 4.69) is 29.9 Å². The summed E-state index contributed by atoms with van der Waals surface area (Å²) in [6, 6.07) is 0. The number of nitrogens with zero attached hydrogens (tertiary/aromatic N) is 8. The molecule has 0 aliphatic carbocycles. The number of aromatic nitrogens is 8. The number of hydrogen-bond acceptors (Lipinski definition) is 16. The second-order valence-corrected chi connectivity index (χ2v) is 14.3. The summed E-state index contributed by atoms with van der Waals surface area (Å²) in [5.74, 6) is 0.0968. The lowest BCUT2D eigenvalue weighted by Crippen LogP contribution is -2.37. The van der Waals surface area contributed by atoms with Crippen molar-refractivity contribution in [3.8, 4) is 0 Å². The highest BCUT2D eigenvalue weighted by Crippen LogP contribution is 2.54. The number of rotatable bonds is 2. The molecule has 3 aliphatic rings. The smallest absolute Gasteiger partial charge is 0.325 e. The maximum absolute atomic E-state index is 16.0. The van der Waals surface area contributed by atoms with Crippen molar-refractivity contribution in [2.45, 2.75) is 49.2 Å². The van der Waals surface area contributed by atoms with Gasteiger partial charge in [0, 0.05) is 0 Å². The Bertz CT molecular complexity index is 1710. The Morgan fingerprint density at radius 2 is 1.32 bits per heavy atom. The molecule has 3 fully saturated rings. The lowest BCUT2D eigenvalue weighted by atomic mass is 10.1. The number of nitrogens with two attached hydrogens (primary N) is 2. The van der Waals surface area contributed by atoms with Gasteiger partial charge in [-0.15, -0.1) is 0 Å². The Morgan fingerprint density at radius 3 is 1.84 bits per heavy atom. The predicted octanol–water partition coefficient (Wildman–Crippen LogP) is 0.612. The van der Waals surface area contributed by atoms with Crippen LogP contribution in [0.1, 0.15) is 12.5 Å². The average molecular weight is 672 g/mol. The van der Waals surface area contributed by atoms with Crippen molar-refractivity contribution in [2.24, 2.45) is 0 Å². The number of anilines is 2. The minimum absolute atomic E-state index is 0.0472. The number of imidazole rings is 2. The number of nitrogen functional groups attached to an aromatic ring is 2. The van der Waals surface area contributed by atoms with Crippen molar-refractivity contribution in [3.05, 3.63) is 25.3 Å². The van der Waals surface area contributed by atoms with Gasteiger partial charge < -0.3 is 39.4 Å². The lowest BCUT2D eigenvalue weighted by Gasteiger charge is -2.29. The zero-order valence-corrected chi connectivity index (χ0v) is 24.6. The molecule has 44 heavy (non-hydrogen) atoms. The number of halogens is 2. The summed E-state index contributed by atoms with van der Waals surface area (Å²) in [6.45, 7) is -5.58. The molecule has 5 N–H and O–H groups in total. The second-order valence-electron chi connectivity index (χ2n) is 9.92. The Balaban J connectivity index is 1.17. The van der Waals surface area contributed by atoms with Crippen LogP contribution >= 0.6 is 14.2 Å². The standard InChI is InChI=1S/C20H21BF2N10O8P2S/c21-42(34)36-1-7-14(10(23)20(38-7)33-6-31-12-16(25)27-4-29-18(12)33)41-43(35,44)37-2-8-13(40-42)9(22)19(39-8)32-5-30-11-15(24)26-3-28-17(11)32/h3-10,13-14,19-20H,1-2H2,(H,35,44)(H2,24,26,28)(H2,25,27,29)/t7-,8-,9+,10?,13?,14+,19-,20-,42-,43?/m1/s1. The van der Waals surface area contributed by atoms with Crippen LogP contribution in [0.5, 0.6) is 0 Å². The second kappa shape index (κ2) is 10.9. The highest BCUT2D eigenvalue weighted by molar-refractivity contribution is 8.07. The first-order valence-electron chi connectivity index (χ1n) is 12.7. The molecule has 24 heteroatoms. The monoisotopic (exact) mass is 672 g/mol. The minimum Gasteiger partial charge on any atom is -0.382 e. The van der Waals surface area contributed by atoms with Crippen LogP contribution in [-0.4, -0.2) is 101 Å². The first kappa shape index (κ1) is 29.9. The number of alkyl halides is 2. The molecule has 0 bridgehead atoms. The van der Waals surface area contributed by atoms with E-state index in [1.54, 1.807) is 0 Å². The molecule has 0 saturated carbocycles. The normalized spacial score (nSPS) is 38.2. The largest absolute Gasteiger partial charge is 0.382 e.